The highest BCUT2D eigenvalue weighted by Gasteiger charge is 2.30. The highest BCUT2D eigenvalue weighted by atomic mass is 32.1. The zero-order chi connectivity index (χ0) is 16.4. The Hall–Kier alpha value is -1.76. The SMILES string of the molecule is Cc1ncsc1-c1ccc(C(C)(O)NC(=O)C2CCCN2)cc1. The molecule has 0 aliphatic carbocycles. The number of aryl methyl sites for hydroxylation is 1. The van der Waals surface area contributed by atoms with Gasteiger partial charge in [0, 0.05) is 5.56 Å². The van der Waals surface area contributed by atoms with E-state index in [9.17, 15) is 9.90 Å². The highest BCUT2D eigenvalue weighted by Crippen LogP contribution is 2.29. The predicted octanol–water partition coefficient (Wildman–Crippen LogP) is 2.15. The number of nitrogens with zero attached hydrogens (tertiary/aromatic N) is 1. The molecule has 2 atom stereocenters. The molecule has 1 aliphatic heterocycles. The largest absolute Gasteiger partial charge is 0.367 e. The third-order valence-corrected chi connectivity index (χ3v) is 5.18. The molecule has 0 spiro atoms. The van der Waals surface area contributed by atoms with Crippen molar-refractivity contribution in [1.82, 2.24) is 15.6 Å². The minimum atomic E-state index is -1.39. The number of aliphatic hydroxyl groups is 1. The Morgan fingerprint density at radius 2 is 2.17 bits per heavy atom. The molecule has 23 heavy (non-hydrogen) atoms. The summed E-state index contributed by atoms with van der Waals surface area (Å²) in [6.07, 6.45) is 1.80. The summed E-state index contributed by atoms with van der Waals surface area (Å²) in [4.78, 5) is 17.6. The van der Waals surface area contributed by atoms with E-state index in [2.05, 4.69) is 15.6 Å². The van der Waals surface area contributed by atoms with E-state index in [-0.39, 0.29) is 11.9 Å². The molecule has 0 radical (unpaired) electrons. The van der Waals surface area contributed by atoms with Gasteiger partial charge in [-0.1, -0.05) is 24.3 Å². The van der Waals surface area contributed by atoms with Crippen molar-refractivity contribution < 1.29 is 9.90 Å². The lowest BCUT2D eigenvalue weighted by atomic mass is 10.0. The molecule has 2 unspecified atom stereocenters. The van der Waals surface area contributed by atoms with Gasteiger partial charge in [-0.3, -0.25) is 4.79 Å². The summed E-state index contributed by atoms with van der Waals surface area (Å²) in [5, 5.41) is 16.5. The molecule has 0 bridgehead atoms. The second kappa shape index (κ2) is 6.39. The van der Waals surface area contributed by atoms with Crippen LogP contribution in [0.4, 0.5) is 0 Å². The smallest absolute Gasteiger partial charge is 0.239 e. The van der Waals surface area contributed by atoms with E-state index in [1.54, 1.807) is 18.3 Å². The zero-order valence-corrected chi connectivity index (χ0v) is 14.1. The van der Waals surface area contributed by atoms with Gasteiger partial charge in [0.1, 0.15) is 0 Å². The first kappa shape index (κ1) is 16.1. The minimum Gasteiger partial charge on any atom is -0.367 e. The van der Waals surface area contributed by atoms with Crippen LogP contribution in [0, 0.1) is 6.92 Å². The summed E-state index contributed by atoms with van der Waals surface area (Å²) in [7, 11) is 0. The Balaban J connectivity index is 1.74. The number of nitrogens with one attached hydrogen (secondary N) is 2. The zero-order valence-electron chi connectivity index (χ0n) is 13.3. The first-order valence-corrected chi connectivity index (χ1v) is 8.64. The van der Waals surface area contributed by atoms with Gasteiger partial charge in [0.2, 0.25) is 5.91 Å². The standard InChI is InChI=1S/C17H21N3O2S/c1-11-15(23-10-19-11)12-5-7-13(8-6-12)17(2,22)20-16(21)14-4-3-9-18-14/h5-8,10,14,18,22H,3-4,9H2,1-2H3,(H,20,21). The van der Waals surface area contributed by atoms with E-state index in [1.165, 1.54) is 0 Å². The number of carbonyl (C=O) groups excluding carboxylic acids is 1. The summed E-state index contributed by atoms with van der Waals surface area (Å²) in [6, 6.07) is 7.38. The number of benzene rings is 1. The molecule has 2 heterocycles. The normalized spacial score (nSPS) is 20.2. The molecule has 0 saturated carbocycles. The van der Waals surface area contributed by atoms with Crippen LogP contribution in [-0.2, 0) is 10.5 Å². The number of hydrogen-bond acceptors (Lipinski definition) is 5. The van der Waals surface area contributed by atoms with Crippen molar-refractivity contribution in [2.75, 3.05) is 6.54 Å². The van der Waals surface area contributed by atoms with Crippen LogP contribution < -0.4 is 10.6 Å². The van der Waals surface area contributed by atoms with Gasteiger partial charge in [0.25, 0.3) is 0 Å². The molecule has 2 aromatic rings. The molecule has 1 aliphatic rings. The minimum absolute atomic E-state index is 0.158. The second-order valence-corrected chi connectivity index (χ2v) is 6.91. The fourth-order valence-corrected chi connectivity index (χ4v) is 3.64. The second-order valence-electron chi connectivity index (χ2n) is 6.05. The topological polar surface area (TPSA) is 74.2 Å². The lowest BCUT2D eigenvalue weighted by molar-refractivity contribution is -0.130. The number of carbonyl (C=O) groups is 1. The van der Waals surface area contributed by atoms with E-state index in [1.807, 2.05) is 36.7 Å². The molecule has 1 amide bonds. The van der Waals surface area contributed by atoms with E-state index in [0.717, 1.165) is 35.5 Å². The van der Waals surface area contributed by atoms with Crippen LogP contribution in [-0.4, -0.2) is 28.6 Å². The van der Waals surface area contributed by atoms with Crippen molar-refractivity contribution in [3.63, 3.8) is 0 Å². The molecule has 1 fully saturated rings. The lowest BCUT2D eigenvalue weighted by Crippen LogP contribution is -2.50. The van der Waals surface area contributed by atoms with Gasteiger partial charge in [-0.05, 0) is 38.8 Å². The number of aromatic nitrogens is 1. The van der Waals surface area contributed by atoms with Crippen LogP contribution in [0.2, 0.25) is 0 Å². The molecule has 122 valence electrons. The summed E-state index contributed by atoms with van der Waals surface area (Å²) < 4.78 is 0. The number of amides is 1. The maximum atomic E-state index is 12.2. The maximum Gasteiger partial charge on any atom is 0.239 e. The summed E-state index contributed by atoms with van der Waals surface area (Å²) in [5.74, 6) is -0.158. The van der Waals surface area contributed by atoms with Crippen LogP contribution in [0.1, 0.15) is 31.0 Å². The lowest BCUT2D eigenvalue weighted by Gasteiger charge is -2.27. The van der Waals surface area contributed by atoms with Crippen molar-refractivity contribution in [1.29, 1.82) is 0 Å². The van der Waals surface area contributed by atoms with Gasteiger partial charge in [-0.2, -0.15) is 0 Å². The fraction of sp³-hybridized carbons (Fsp3) is 0.412. The van der Waals surface area contributed by atoms with Crippen molar-refractivity contribution in [3.05, 3.63) is 41.0 Å². The number of rotatable bonds is 4. The molecule has 6 heteroatoms. The third-order valence-electron chi connectivity index (χ3n) is 4.20. The maximum absolute atomic E-state index is 12.2. The van der Waals surface area contributed by atoms with Gasteiger partial charge in [-0.15, -0.1) is 11.3 Å². The molecule has 1 saturated heterocycles. The van der Waals surface area contributed by atoms with E-state index in [0.29, 0.717) is 5.56 Å². The van der Waals surface area contributed by atoms with Gasteiger partial charge in [0.15, 0.2) is 5.72 Å². The Kier molecular flexibility index (Phi) is 4.48. The van der Waals surface area contributed by atoms with Crippen LogP contribution in [0.25, 0.3) is 10.4 Å². The van der Waals surface area contributed by atoms with Crippen LogP contribution in [0.15, 0.2) is 29.8 Å². The van der Waals surface area contributed by atoms with Crippen LogP contribution in [0.3, 0.4) is 0 Å². The van der Waals surface area contributed by atoms with Gasteiger partial charge < -0.3 is 15.7 Å². The Morgan fingerprint density at radius 3 is 2.74 bits per heavy atom. The molecule has 3 N–H and O–H groups in total. The van der Waals surface area contributed by atoms with Crippen LogP contribution in [0.5, 0.6) is 0 Å². The average molecular weight is 331 g/mol. The van der Waals surface area contributed by atoms with Gasteiger partial charge in [0.05, 0.1) is 22.1 Å². The number of thiazole rings is 1. The van der Waals surface area contributed by atoms with Crippen LogP contribution >= 0.6 is 11.3 Å². The molecular weight excluding hydrogens is 310 g/mol. The average Bonchev–Trinajstić information content (AvgIpc) is 3.18. The fourth-order valence-electron chi connectivity index (χ4n) is 2.83. The van der Waals surface area contributed by atoms with E-state index < -0.39 is 5.72 Å². The highest BCUT2D eigenvalue weighted by molar-refractivity contribution is 7.13. The summed E-state index contributed by atoms with van der Waals surface area (Å²) >= 11 is 1.59. The van der Waals surface area contributed by atoms with Gasteiger partial charge in [-0.25, -0.2) is 4.98 Å². The molecule has 5 nitrogen and oxygen atoms in total. The van der Waals surface area contributed by atoms with E-state index >= 15 is 0 Å². The first-order valence-electron chi connectivity index (χ1n) is 7.76. The number of hydrogen-bond donors (Lipinski definition) is 3. The predicted molar refractivity (Wildman–Crippen MR) is 91.0 cm³/mol. The molecule has 3 rings (SSSR count). The van der Waals surface area contributed by atoms with Crippen molar-refractivity contribution in [2.45, 2.75) is 38.5 Å². The first-order chi connectivity index (χ1) is 11.0. The van der Waals surface area contributed by atoms with Crippen molar-refractivity contribution in [3.8, 4) is 10.4 Å². The van der Waals surface area contributed by atoms with Gasteiger partial charge >= 0.3 is 0 Å². The Bertz CT molecular complexity index is 688. The monoisotopic (exact) mass is 331 g/mol. The molecular formula is C17H21N3O2S. The Labute approximate surface area is 139 Å². The Morgan fingerprint density at radius 1 is 1.43 bits per heavy atom. The summed E-state index contributed by atoms with van der Waals surface area (Å²) in [5.41, 5.74) is 3.16. The molecule has 1 aromatic carbocycles. The summed E-state index contributed by atoms with van der Waals surface area (Å²) in [6.45, 7) is 4.43. The molecule has 1 aromatic heterocycles. The van der Waals surface area contributed by atoms with Crippen molar-refractivity contribution >= 4 is 17.2 Å². The third kappa shape index (κ3) is 3.44. The van der Waals surface area contributed by atoms with Crippen molar-refractivity contribution in [2.24, 2.45) is 0 Å². The quantitative estimate of drug-likeness (QED) is 0.751. The van der Waals surface area contributed by atoms with E-state index in [4.69, 9.17) is 0 Å².